The van der Waals surface area contributed by atoms with Crippen LogP contribution in [0.3, 0.4) is 0 Å². The maximum Gasteiger partial charge on any atom is 0.501 e. The highest BCUT2D eigenvalue weighted by Gasteiger charge is 2.45. The predicted octanol–water partition coefficient (Wildman–Crippen LogP) is 1.83. The van der Waals surface area contributed by atoms with Gasteiger partial charge in [-0.2, -0.15) is 0 Å². The molecule has 304 valence electrons. The summed E-state index contributed by atoms with van der Waals surface area (Å²) in [5, 5.41) is 46.5. The Morgan fingerprint density at radius 2 is 1.45 bits per heavy atom. The van der Waals surface area contributed by atoms with Crippen molar-refractivity contribution in [3.8, 4) is 40.2 Å². The first kappa shape index (κ1) is 43.2. The predicted molar refractivity (Wildman–Crippen MR) is 196 cm³/mol. The highest BCUT2D eigenvalue weighted by atomic mass is 32.3. The third-order valence-electron chi connectivity index (χ3n) is 7.95. The van der Waals surface area contributed by atoms with E-state index in [9.17, 15) is 33.6 Å². The number of amides is 1. The fourth-order valence-corrected chi connectivity index (χ4v) is 5.92. The molecule has 1 aliphatic heterocycles. The van der Waals surface area contributed by atoms with Crippen molar-refractivity contribution >= 4 is 28.5 Å². The van der Waals surface area contributed by atoms with E-state index in [1.807, 2.05) is 0 Å². The number of aliphatic hydroxyl groups is 4. The Labute approximate surface area is 321 Å². The topological polar surface area (TPSA) is 276 Å². The maximum absolute atomic E-state index is 13.5. The number of rotatable bonds is 20. The number of carbonyl (C=O) groups is 1. The molecule has 0 bridgehead atoms. The fraction of sp³-hybridized carbons (Fsp3) is 0.400. The van der Waals surface area contributed by atoms with Gasteiger partial charge in [0.25, 0.3) is 5.91 Å². The number of ether oxygens (including phenoxy) is 7. The number of carbonyl (C=O) groups excluding carboxylic acids is 1. The molecule has 4 rings (SSSR count). The highest BCUT2D eigenvalue weighted by molar-refractivity contribution is 7.82. The van der Waals surface area contributed by atoms with Gasteiger partial charge < -0.3 is 67.3 Å². The second-order valence-electron chi connectivity index (χ2n) is 11.6. The van der Waals surface area contributed by atoms with Crippen molar-refractivity contribution in [3.63, 3.8) is 0 Å². The second kappa shape index (κ2) is 20.4. The lowest BCUT2D eigenvalue weighted by atomic mass is 9.99. The summed E-state index contributed by atoms with van der Waals surface area (Å²) in [5.41, 5.74) is 9.36. The molecular weight excluding hydrogens is 764 g/mol. The van der Waals surface area contributed by atoms with Crippen LogP contribution in [0.4, 0.5) is 0 Å². The van der Waals surface area contributed by atoms with Gasteiger partial charge in [-0.05, 0) is 59.1 Å². The van der Waals surface area contributed by atoms with E-state index in [4.69, 9.17) is 47.1 Å². The van der Waals surface area contributed by atoms with Gasteiger partial charge in [-0.1, -0.05) is 23.3 Å². The molecule has 5 atom stereocenters. The van der Waals surface area contributed by atoms with Crippen LogP contribution in [0.25, 0.3) is 22.6 Å². The standard InChI is InChI=1S/C35H42N4O16S/c1-47-23-9-7-20(5-6-21-16-27(48-2)33(50-4)28(17-21)49-3)15-25(23)54-56(45,46)55-26-18-22(34(44)37-11-13-51-14-12-38-39-36)8-10-24(26)52-35-32(43)31(42)30(41)29(19-40)53-35/h5-10,15-18,29-32,35,40-43H,11-14,19H2,1-4H3,(H,37,44)/b6-5-/t29-,30+,31+,32-,35-/m1/s1. The zero-order chi connectivity index (χ0) is 40.8. The van der Waals surface area contributed by atoms with Gasteiger partial charge in [-0.15, -0.1) is 8.42 Å². The Morgan fingerprint density at radius 1 is 0.821 bits per heavy atom. The number of azide groups is 1. The van der Waals surface area contributed by atoms with E-state index in [0.29, 0.717) is 28.4 Å². The molecule has 0 unspecified atom stereocenters. The molecule has 0 saturated carbocycles. The molecule has 21 heteroatoms. The number of aliphatic hydroxyl groups excluding tert-OH is 4. The van der Waals surface area contributed by atoms with Gasteiger partial charge in [0.2, 0.25) is 12.0 Å². The Bertz CT molecular complexity index is 1960. The fourth-order valence-electron chi connectivity index (χ4n) is 5.18. The lowest BCUT2D eigenvalue weighted by Gasteiger charge is -2.39. The Balaban J connectivity index is 1.61. The molecule has 1 heterocycles. The molecule has 1 saturated heterocycles. The van der Waals surface area contributed by atoms with Gasteiger partial charge in [0, 0.05) is 23.6 Å². The smallest absolute Gasteiger partial charge is 0.493 e. The lowest BCUT2D eigenvalue weighted by Crippen LogP contribution is -2.60. The molecule has 3 aromatic rings. The molecule has 3 aromatic carbocycles. The second-order valence-corrected chi connectivity index (χ2v) is 12.7. The number of nitrogens with one attached hydrogen (secondary N) is 1. The van der Waals surface area contributed by atoms with Crippen LogP contribution in [0.2, 0.25) is 0 Å². The van der Waals surface area contributed by atoms with Crippen molar-refractivity contribution in [1.82, 2.24) is 5.32 Å². The van der Waals surface area contributed by atoms with Crippen LogP contribution in [0.15, 0.2) is 53.6 Å². The van der Waals surface area contributed by atoms with Gasteiger partial charge in [-0.25, -0.2) is 0 Å². The summed E-state index contributed by atoms with van der Waals surface area (Å²) >= 11 is 0. The first-order valence-corrected chi connectivity index (χ1v) is 18.0. The van der Waals surface area contributed by atoms with Gasteiger partial charge in [0.05, 0.1) is 48.3 Å². The van der Waals surface area contributed by atoms with Gasteiger partial charge in [0.1, 0.15) is 24.4 Å². The van der Waals surface area contributed by atoms with Crippen molar-refractivity contribution in [2.24, 2.45) is 5.11 Å². The van der Waals surface area contributed by atoms with Crippen LogP contribution in [0.5, 0.6) is 40.2 Å². The third kappa shape index (κ3) is 11.3. The van der Waals surface area contributed by atoms with Crippen LogP contribution >= 0.6 is 0 Å². The number of nitrogens with zero attached hydrogens (tertiary/aromatic N) is 3. The number of hydrogen-bond acceptors (Lipinski definition) is 17. The van der Waals surface area contributed by atoms with E-state index in [0.717, 1.165) is 12.1 Å². The first-order valence-electron chi connectivity index (χ1n) is 16.7. The molecule has 0 radical (unpaired) electrons. The highest BCUT2D eigenvalue weighted by Crippen LogP contribution is 2.39. The van der Waals surface area contributed by atoms with Crippen LogP contribution in [0, 0.1) is 0 Å². The lowest BCUT2D eigenvalue weighted by molar-refractivity contribution is -0.277. The summed E-state index contributed by atoms with van der Waals surface area (Å²) in [4.78, 5) is 15.6. The average Bonchev–Trinajstić information content (AvgIpc) is 3.19. The third-order valence-corrected chi connectivity index (χ3v) is 8.72. The average molecular weight is 807 g/mol. The largest absolute Gasteiger partial charge is 0.501 e. The van der Waals surface area contributed by atoms with Crippen molar-refractivity contribution in [1.29, 1.82) is 0 Å². The van der Waals surface area contributed by atoms with Gasteiger partial charge in [-0.3, -0.25) is 4.79 Å². The number of methoxy groups -OCH3 is 4. The van der Waals surface area contributed by atoms with E-state index in [1.165, 1.54) is 46.6 Å². The summed E-state index contributed by atoms with van der Waals surface area (Å²) < 4.78 is 75.4. The monoisotopic (exact) mass is 806 g/mol. The van der Waals surface area contributed by atoms with E-state index < -0.39 is 65.1 Å². The molecular formula is C35H42N4O16S. The Hall–Kier alpha value is -5.51. The summed E-state index contributed by atoms with van der Waals surface area (Å²) in [6.07, 6.45) is -5.12. The van der Waals surface area contributed by atoms with Crippen LogP contribution in [-0.2, 0) is 19.9 Å². The van der Waals surface area contributed by atoms with Crippen LogP contribution in [0.1, 0.15) is 21.5 Å². The maximum atomic E-state index is 13.5. The summed E-state index contributed by atoms with van der Waals surface area (Å²) in [6, 6.07) is 11.2. The van der Waals surface area contributed by atoms with Crippen LogP contribution in [-0.4, -0.2) is 127 Å². The molecule has 1 amide bonds. The zero-order valence-electron chi connectivity index (χ0n) is 30.6. The quantitative estimate of drug-likeness (QED) is 0.0358. The molecule has 1 fully saturated rings. The molecule has 0 aromatic heterocycles. The van der Waals surface area contributed by atoms with Gasteiger partial charge in [0.15, 0.2) is 34.5 Å². The molecule has 0 spiro atoms. The van der Waals surface area contributed by atoms with Crippen molar-refractivity contribution < 1.29 is 75.2 Å². The van der Waals surface area contributed by atoms with Crippen LogP contribution < -0.4 is 37.4 Å². The minimum atomic E-state index is -5.07. The molecule has 1 aliphatic rings. The van der Waals surface area contributed by atoms with Gasteiger partial charge >= 0.3 is 10.4 Å². The summed E-state index contributed by atoms with van der Waals surface area (Å²) in [6.45, 7) is -0.450. The van der Waals surface area contributed by atoms with E-state index in [-0.39, 0.29) is 43.4 Å². The van der Waals surface area contributed by atoms with Crippen molar-refractivity contribution in [3.05, 3.63) is 75.7 Å². The SMILES string of the molecule is COc1ccc(/C=C\c2cc(OC)c(OC)c(OC)c2)cc1OS(=O)(=O)Oc1cc(C(=O)NCCOCCN=[N+]=[N-])ccc1O[C@@H]1O[C@H](CO)[C@H](O)[C@H](O)[C@H]1O. The number of hydrogen-bond donors (Lipinski definition) is 5. The van der Waals surface area contributed by atoms with Crippen molar-refractivity contribution in [2.75, 3.05) is 61.3 Å². The Kier molecular flexibility index (Phi) is 15.8. The minimum absolute atomic E-state index is 0.00896. The van der Waals surface area contributed by atoms with E-state index in [1.54, 1.807) is 30.4 Å². The summed E-state index contributed by atoms with van der Waals surface area (Å²) in [5.74, 6) is -0.753. The normalized spacial score (nSPS) is 19.4. The molecule has 5 N–H and O–H groups in total. The molecule has 56 heavy (non-hydrogen) atoms. The van der Waals surface area contributed by atoms with Crippen molar-refractivity contribution in [2.45, 2.75) is 30.7 Å². The Morgan fingerprint density at radius 3 is 2.07 bits per heavy atom. The molecule has 20 nitrogen and oxygen atoms in total. The van der Waals surface area contributed by atoms with E-state index >= 15 is 0 Å². The molecule has 0 aliphatic carbocycles. The number of benzene rings is 3. The minimum Gasteiger partial charge on any atom is -0.493 e. The van der Waals surface area contributed by atoms with E-state index in [2.05, 4.69) is 15.3 Å². The summed E-state index contributed by atoms with van der Waals surface area (Å²) in [7, 11) is 0.660. The zero-order valence-corrected chi connectivity index (χ0v) is 31.5. The first-order chi connectivity index (χ1) is 26.9.